The van der Waals surface area contributed by atoms with Crippen LogP contribution >= 0.6 is 11.8 Å². The molecule has 7 N–H and O–H groups in total. The number of carbonyl (C=O) groups excluding carboxylic acids is 3. The Hall–Kier alpha value is -3.95. The maximum Gasteiger partial charge on any atom is 0.326 e. The number of nitrogens with zero attached hydrogens (tertiary/aromatic N) is 1. The molecule has 2 aromatic carbocycles. The highest BCUT2D eigenvalue weighted by Crippen LogP contribution is 2.46. The van der Waals surface area contributed by atoms with Crippen molar-refractivity contribution < 1.29 is 32.7 Å². The first-order valence-corrected chi connectivity index (χ1v) is 15.3. The van der Waals surface area contributed by atoms with E-state index in [1.54, 1.807) is 63.2 Å². The number of guanidine groups is 1. The van der Waals surface area contributed by atoms with Crippen molar-refractivity contribution in [2.45, 2.75) is 67.1 Å². The van der Waals surface area contributed by atoms with Crippen LogP contribution in [0.15, 0.2) is 59.5 Å². The summed E-state index contributed by atoms with van der Waals surface area (Å²) in [6.07, 6.45) is -0.399. The van der Waals surface area contributed by atoms with E-state index in [1.807, 2.05) is 0 Å². The molecule has 0 aliphatic carbocycles. The van der Waals surface area contributed by atoms with Crippen molar-refractivity contribution in [1.82, 2.24) is 14.9 Å². The largest absolute Gasteiger partial charge is 0.480 e. The molecule has 1 heterocycles. The molecule has 3 rings (SSSR count). The summed E-state index contributed by atoms with van der Waals surface area (Å²) in [5, 5.41) is 23.6. The van der Waals surface area contributed by atoms with Gasteiger partial charge in [0, 0.05) is 29.7 Å². The molecule has 0 bridgehead atoms. The monoisotopic (exact) mass is 618 g/mol. The Balaban J connectivity index is 1.70. The van der Waals surface area contributed by atoms with E-state index < -0.39 is 61.9 Å². The summed E-state index contributed by atoms with van der Waals surface area (Å²) in [5.41, 5.74) is 6.03. The minimum Gasteiger partial charge on any atom is -0.480 e. The Bertz CT molecular complexity index is 1450. The van der Waals surface area contributed by atoms with Crippen molar-refractivity contribution in [3.05, 3.63) is 60.2 Å². The van der Waals surface area contributed by atoms with Crippen LogP contribution < -0.4 is 21.7 Å². The van der Waals surface area contributed by atoms with Crippen LogP contribution in [-0.4, -0.2) is 69.7 Å². The molecule has 3 amide bonds. The van der Waals surface area contributed by atoms with E-state index in [-0.39, 0.29) is 24.2 Å². The van der Waals surface area contributed by atoms with Crippen LogP contribution in [0.2, 0.25) is 0 Å². The number of carboxylic acids is 1. The second-order valence-corrected chi connectivity index (χ2v) is 14.0. The first-order chi connectivity index (χ1) is 19.6. The minimum absolute atomic E-state index is 0.0363. The number of hydrogen-bond donors (Lipinski definition) is 6. The van der Waals surface area contributed by atoms with Crippen molar-refractivity contribution in [2.75, 3.05) is 5.32 Å². The summed E-state index contributed by atoms with van der Waals surface area (Å²) in [5.74, 6) is -3.54. The van der Waals surface area contributed by atoms with Crippen molar-refractivity contribution in [3.63, 3.8) is 0 Å². The molecule has 1 saturated heterocycles. The number of anilines is 1. The van der Waals surface area contributed by atoms with Crippen LogP contribution in [0.5, 0.6) is 0 Å². The second kappa shape index (κ2) is 13.4. The van der Waals surface area contributed by atoms with E-state index in [0.29, 0.717) is 11.3 Å². The van der Waals surface area contributed by atoms with Crippen LogP contribution in [0.25, 0.3) is 0 Å². The lowest BCUT2D eigenvalue weighted by atomic mass is 10.0. The lowest BCUT2D eigenvalue weighted by Gasteiger charge is -2.31. The molecule has 0 aromatic heterocycles. The topological polar surface area (TPSA) is 212 Å². The summed E-state index contributed by atoms with van der Waals surface area (Å²) < 4.78 is 27.4. The van der Waals surface area contributed by atoms with Gasteiger partial charge in [0.1, 0.15) is 12.1 Å². The fourth-order valence-corrected chi connectivity index (χ4v) is 8.39. The Kier molecular flexibility index (Phi) is 10.4. The molecular formula is C27H34N6O7S2. The number of thioether (sulfide) groups is 1. The molecule has 1 aliphatic rings. The third kappa shape index (κ3) is 8.08. The molecule has 0 spiro atoms. The number of sulfonamides is 1. The molecule has 15 heteroatoms. The average Bonchev–Trinajstić information content (AvgIpc) is 3.16. The number of amides is 3. The fourth-order valence-electron chi connectivity index (χ4n) is 4.63. The molecule has 226 valence electrons. The lowest BCUT2D eigenvalue weighted by Crippen LogP contribution is -2.57. The molecule has 42 heavy (non-hydrogen) atoms. The first kappa shape index (κ1) is 32.6. The molecule has 1 fully saturated rings. The SMILES string of the molecule is CC1SC(C)(C)[C@@H](C(=O)N[C@@H](Cc2ccc(NC(=O)CCC(=O)NC(=N)N)cc2)C(=O)O)N1S(=O)(=O)c1ccccc1. The third-order valence-electron chi connectivity index (χ3n) is 6.46. The Morgan fingerprint density at radius 2 is 1.64 bits per heavy atom. The highest BCUT2D eigenvalue weighted by atomic mass is 32.2. The van der Waals surface area contributed by atoms with Gasteiger partial charge in [-0.1, -0.05) is 30.3 Å². The zero-order chi connectivity index (χ0) is 31.2. The number of aliphatic carboxylic acids is 1. The second-order valence-electron chi connectivity index (χ2n) is 10.2. The maximum atomic E-state index is 13.6. The van der Waals surface area contributed by atoms with Crippen LogP contribution in [-0.2, 0) is 35.6 Å². The van der Waals surface area contributed by atoms with E-state index in [2.05, 4.69) is 16.0 Å². The molecule has 1 unspecified atom stereocenters. The van der Waals surface area contributed by atoms with Crippen LogP contribution in [0.1, 0.15) is 39.2 Å². The van der Waals surface area contributed by atoms with Crippen LogP contribution in [0.4, 0.5) is 5.69 Å². The summed E-state index contributed by atoms with van der Waals surface area (Å²) in [7, 11) is -4.06. The summed E-state index contributed by atoms with van der Waals surface area (Å²) >= 11 is 1.31. The number of benzene rings is 2. The highest BCUT2D eigenvalue weighted by Gasteiger charge is 2.55. The summed E-state index contributed by atoms with van der Waals surface area (Å²) in [6, 6.07) is 11.5. The smallest absolute Gasteiger partial charge is 0.326 e. The van der Waals surface area contributed by atoms with Gasteiger partial charge in [0.05, 0.1) is 10.3 Å². The number of carboxylic acid groups (broad SMARTS) is 1. The third-order valence-corrected chi connectivity index (χ3v) is 9.94. The standard InChI is InChI=1S/C27H34N6O7S2/c1-16-33(42(39,40)19-7-5-4-6-8-19)23(27(2,3)41-16)24(36)31-20(25(37)38)15-17-9-11-18(12-10-17)30-21(34)13-14-22(35)32-26(28)29/h4-12,16,20,23H,13-15H2,1-3H3,(H,30,34)(H,31,36)(H,37,38)(H4,28,29,32,35)/t16?,20-,23+/m0/s1. The maximum absolute atomic E-state index is 13.6. The quantitative estimate of drug-likeness (QED) is 0.159. The molecule has 0 saturated carbocycles. The normalized spacial score (nSPS) is 18.9. The zero-order valence-electron chi connectivity index (χ0n) is 23.3. The number of nitrogens with one attached hydrogen (secondary N) is 4. The van der Waals surface area contributed by atoms with Gasteiger partial charge in [0.15, 0.2) is 5.96 Å². The van der Waals surface area contributed by atoms with Gasteiger partial charge in [0.25, 0.3) is 0 Å². The van der Waals surface area contributed by atoms with Gasteiger partial charge >= 0.3 is 5.97 Å². The molecule has 2 aromatic rings. The molecule has 1 aliphatic heterocycles. The highest BCUT2D eigenvalue weighted by molar-refractivity contribution is 8.02. The summed E-state index contributed by atoms with van der Waals surface area (Å²) in [6.45, 7) is 5.19. The Morgan fingerprint density at radius 3 is 2.21 bits per heavy atom. The number of rotatable bonds is 11. The van der Waals surface area contributed by atoms with Crippen LogP contribution in [0.3, 0.4) is 0 Å². The first-order valence-electron chi connectivity index (χ1n) is 12.9. The van der Waals surface area contributed by atoms with E-state index >= 15 is 0 Å². The zero-order valence-corrected chi connectivity index (χ0v) is 24.9. The van der Waals surface area contributed by atoms with E-state index in [4.69, 9.17) is 11.1 Å². The predicted molar refractivity (Wildman–Crippen MR) is 158 cm³/mol. The van der Waals surface area contributed by atoms with Crippen molar-refractivity contribution >= 4 is 57.1 Å². The van der Waals surface area contributed by atoms with Gasteiger partial charge in [0.2, 0.25) is 27.7 Å². The van der Waals surface area contributed by atoms with Gasteiger partial charge in [-0.3, -0.25) is 25.1 Å². The fraction of sp³-hybridized carbons (Fsp3) is 0.370. The molecular weight excluding hydrogens is 584 g/mol. The molecule has 0 radical (unpaired) electrons. The number of carbonyl (C=O) groups is 4. The Morgan fingerprint density at radius 1 is 1.05 bits per heavy atom. The van der Waals surface area contributed by atoms with E-state index in [0.717, 1.165) is 4.31 Å². The summed E-state index contributed by atoms with van der Waals surface area (Å²) in [4.78, 5) is 49.4. The van der Waals surface area contributed by atoms with Crippen molar-refractivity contribution in [1.29, 1.82) is 5.41 Å². The predicted octanol–water partition coefficient (Wildman–Crippen LogP) is 1.46. The molecule has 3 atom stereocenters. The van der Waals surface area contributed by atoms with Gasteiger partial charge < -0.3 is 21.5 Å². The Labute approximate surface area is 248 Å². The number of hydrogen-bond acceptors (Lipinski definition) is 8. The van der Waals surface area contributed by atoms with Crippen molar-refractivity contribution in [3.8, 4) is 0 Å². The average molecular weight is 619 g/mol. The number of nitrogens with two attached hydrogens (primary N) is 1. The van der Waals surface area contributed by atoms with Crippen LogP contribution in [0, 0.1) is 5.41 Å². The van der Waals surface area contributed by atoms with Gasteiger partial charge in [-0.25, -0.2) is 13.2 Å². The van der Waals surface area contributed by atoms with Gasteiger partial charge in [-0.15, -0.1) is 11.8 Å². The van der Waals surface area contributed by atoms with E-state index in [9.17, 15) is 32.7 Å². The minimum atomic E-state index is -4.06. The van der Waals surface area contributed by atoms with Gasteiger partial charge in [-0.2, -0.15) is 4.31 Å². The molecule has 13 nitrogen and oxygen atoms in total. The van der Waals surface area contributed by atoms with Crippen molar-refractivity contribution in [2.24, 2.45) is 5.73 Å². The van der Waals surface area contributed by atoms with Gasteiger partial charge in [-0.05, 0) is 50.6 Å². The van der Waals surface area contributed by atoms with E-state index in [1.165, 1.54) is 23.9 Å². The lowest BCUT2D eigenvalue weighted by molar-refractivity contribution is -0.142.